The summed E-state index contributed by atoms with van der Waals surface area (Å²) in [6.45, 7) is 3.51. The van der Waals surface area contributed by atoms with E-state index in [0.717, 1.165) is 21.1 Å². The van der Waals surface area contributed by atoms with E-state index in [-0.39, 0.29) is 5.69 Å². The van der Waals surface area contributed by atoms with Crippen LogP contribution in [0, 0.1) is 10.5 Å². The number of hydrogen-bond acceptors (Lipinski definition) is 5. The van der Waals surface area contributed by atoms with Crippen LogP contribution in [0.15, 0.2) is 30.3 Å². The number of nitrogens with zero attached hydrogens (tertiary/aromatic N) is 2. The van der Waals surface area contributed by atoms with Crippen LogP contribution in [0.3, 0.4) is 0 Å². The van der Waals surface area contributed by atoms with Gasteiger partial charge in [-0.25, -0.2) is 9.97 Å². The monoisotopic (exact) mass is 502 g/mol. The summed E-state index contributed by atoms with van der Waals surface area (Å²) in [4.78, 5) is 8.86. The van der Waals surface area contributed by atoms with Crippen LogP contribution in [0.4, 0.5) is 24.7 Å². The molecule has 1 aromatic heterocycles. The van der Waals surface area contributed by atoms with Crippen molar-refractivity contribution in [2.45, 2.75) is 26.1 Å². The Balaban J connectivity index is 2.03. The number of anilines is 2. The minimum atomic E-state index is -4.46. The van der Waals surface area contributed by atoms with Gasteiger partial charge in [-0.2, -0.15) is 13.2 Å². The fourth-order valence-corrected chi connectivity index (χ4v) is 3.58. The van der Waals surface area contributed by atoms with Crippen LogP contribution < -0.4 is 15.8 Å². The number of nitrogens with one attached hydrogen (secondary N) is 1. The first-order valence-electron chi connectivity index (χ1n) is 8.34. The third-order valence-corrected chi connectivity index (χ3v) is 5.08. The van der Waals surface area contributed by atoms with E-state index in [1.165, 1.54) is 6.07 Å². The minimum absolute atomic E-state index is 0.0569. The zero-order chi connectivity index (χ0) is 20.6. The Labute approximate surface area is 173 Å². The molecule has 3 N–H and O–H groups in total. The summed E-state index contributed by atoms with van der Waals surface area (Å²) in [7, 11) is 1.58. The molecule has 0 radical (unpaired) electrons. The van der Waals surface area contributed by atoms with Crippen LogP contribution in [-0.2, 0) is 6.18 Å². The first kappa shape index (κ1) is 20.4. The van der Waals surface area contributed by atoms with Crippen LogP contribution in [0.2, 0.25) is 0 Å². The third kappa shape index (κ3) is 4.23. The van der Waals surface area contributed by atoms with Crippen molar-refractivity contribution in [3.05, 3.63) is 50.9 Å². The zero-order valence-corrected chi connectivity index (χ0v) is 17.5. The number of benzene rings is 2. The second-order valence-electron chi connectivity index (χ2n) is 6.38. The van der Waals surface area contributed by atoms with E-state index in [1.54, 1.807) is 21.0 Å². The molecule has 2 aromatic carbocycles. The highest BCUT2D eigenvalue weighted by molar-refractivity contribution is 14.1. The van der Waals surface area contributed by atoms with Crippen molar-refractivity contribution in [2.75, 3.05) is 18.2 Å². The number of ether oxygens (including phenoxy) is 1. The van der Waals surface area contributed by atoms with Gasteiger partial charge in [-0.1, -0.05) is 0 Å². The molecule has 148 valence electrons. The number of nitrogens with two attached hydrogens (primary N) is 1. The highest BCUT2D eigenvalue weighted by Gasteiger charge is 2.31. The lowest BCUT2D eigenvalue weighted by Gasteiger charge is -2.19. The maximum atomic E-state index is 13.1. The van der Waals surface area contributed by atoms with E-state index in [0.29, 0.717) is 28.5 Å². The molecule has 0 amide bonds. The number of methoxy groups -OCH3 is 1. The molecule has 0 bridgehead atoms. The number of fused-ring (bicyclic) bond motifs is 1. The molecule has 5 nitrogen and oxygen atoms in total. The molecule has 0 spiro atoms. The lowest BCUT2D eigenvalue weighted by Crippen LogP contribution is -2.13. The van der Waals surface area contributed by atoms with Gasteiger partial charge in [-0.05, 0) is 66.3 Å². The normalized spacial score (nSPS) is 12.8. The first-order valence-corrected chi connectivity index (χ1v) is 9.42. The van der Waals surface area contributed by atoms with Crippen molar-refractivity contribution in [1.29, 1.82) is 0 Å². The Bertz CT molecular complexity index is 1040. The molecule has 28 heavy (non-hydrogen) atoms. The van der Waals surface area contributed by atoms with Gasteiger partial charge in [-0.15, -0.1) is 0 Å². The van der Waals surface area contributed by atoms with Crippen LogP contribution >= 0.6 is 22.6 Å². The third-order valence-electron chi connectivity index (χ3n) is 4.24. The number of alkyl halides is 3. The van der Waals surface area contributed by atoms with E-state index in [9.17, 15) is 13.2 Å². The topological polar surface area (TPSA) is 73.1 Å². The van der Waals surface area contributed by atoms with Gasteiger partial charge in [-0.3, -0.25) is 0 Å². The highest BCUT2D eigenvalue weighted by Crippen LogP contribution is 2.35. The second-order valence-corrected chi connectivity index (χ2v) is 7.54. The molecule has 0 saturated carbocycles. The maximum absolute atomic E-state index is 13.1. The van der Waals surface area contributed by atoms with Crippen LogP contribution in [0.1, 0.15) is 29.9 Å². The van der Waals surface area contributed by atoms with Gasteiger partial charge in [0.1, 0.15) is 17.4 Å². The van der Waals surface area contributed by atoms with Gasteiger partial charge in [0.05, 0.1) is 27.8 Å². The average Bonchev–Trinajstić information content (AvgIpc) is 2.60. The summed E-state index contributed by atoms with van der Waals surface area (Å²) >= 11 is 2.15. The summed E-state index contributed by atoms with van der Waals surface area (Å²) in [5.74, 6) is 1.76. The molecular weight excluding hydrogens is 484 g/mol. The Kier molecular flexibility index (Phi) is 5.55. The van der Waals surface area contributed by atoms with Crippen LogP contribution in [0.25, 0.3) is 10.9 Å². The predicted octanol–water partition coefficient (Wildman–Crippen LogP) is 5.33. The summed E-state index contributed by atoms with van der Waals surface area (Å²) in [6, 6.07) is 6.78. The number of aryl methyl sites for hydroxylation is 1. The Morgan fingerprint density at radius 1 is 1.14 bits per heavy atom. The lowest BCUT2D eigenvalue weighted by atomic mass is 10.0. The van der Waals surface area contributed by atoms with E-state index < -0.39 is 17.8 Å². The molecule has 0 fully saturated rings. The number of hydrogen-bond donors (Lipinski definition) is 2. The Hall–Kier alpha value is -2.30. The van der Waals surface area contributed by atoms with Crippen molar-refractivity contribution < 1.29 is 17.9 Å². The van der Waals surface area contributed by atoms with Gasteiger partial charge in [0.15, 0.2) is 0 Å². The second kappa shape index (κ2) is 7.61. The fourth-order valence-electron chi connectivity index (χ4n) is 2.89. The van der Waals surface area contributed by atoms with Gasteiger partial charge >= 0.3 is 6.18 Å². The summed E-state index contributed by atoms with van der Waals surface area (Å²) in [6.07, 6.45) is -4.46. The molecule has 9 heteroatoms. The van der Waals surface area contributed by atoms with E-state index in [1.807, 2.05) is 12.1 Å². The summed E-state index contributed by atoms with van der Waals surface area (Å²) in [5, 5.41) is 3.95. The maximum Gasteiger partial charge on any atom is 0.416 e. The minimum Gasteiger partial charge on any atom is -0.496 e. The van der Waals surface area contributed by atoms with Gasteiger partial charge in [0, 0.05) is 17.1 Å². The lowest BCUT2D eigenvalue weighted by molar-refractivity contribution is -0.137. The quantitative estimate of drug-likeness (QED) is 0.373. The molecule has 0 saturated heterocycles. The van der Waals surface area contributed by atoms with Crippen molar-refractivity contribution in [3.8, 4) is 5.75 Å². The van der Waals surface area contributed by atoms with Gasteiger partial charge in [0.25, 0.3) is 0 Å². The first-order chi connectivity index (χ1) is 13.1. The standard InChI is InChI=1S/C19H18F3IN4O/c1-9(11-4-12(19(20,21)22)6-13(24)5-11)25-18-14-7-15(23)17(28-3)8-16(14)26-10(2)27-18/h4-9H,24H2,1-3H3,(H,25,26,27)/t9-/m1/s1. The number of nitrogen functional groups attached to an aromatic ring is 1. The molecule has 0 aliphatic rings. The molecule has 3 aromatic rings. The summed E-state index contributed by atoms with van der Waals surface area (Å²) in [5.41, 5.74) is 6.06. The predicted molar refractivity (Wildman–Crippen MR) is 111 cm³/mol. The fraction of sp³-hybridized carbons (Fsp3) is 0.263. The van der Waals surface area contributed by atoms with Crippen molar-refractivity contribution >= 4 is 45.0 Å². The molecule has 1 atom stereocenters. The van der Waals surface area contributed by atoms with Crippen molar-refractivity contribution in [2.24, 2.45) is 0 Å². The molecule has 0 unspecified atom stereocenters. The molecular formula is C19H18F3IN4O. The van der Waals surface area contributed by atoms with E-state index >= 15 is 0 Å². The van der Waals surface area contributed by atoms with Crippen molar-refractivity contribution in [3.63, 3.8) is 0 Å². The Morgan fingerprint density at radius 3 is 2.50 bits per heavy atom. The smallest absolute Gasteiger partial charge is 0.416 e. The SMILES string of the molecule is COc1cc2nc(C)nc(N[C@H](C)c3cc(N)cc(C(F)(F)F)c3)c2cc1I. The molecule has 0 aliphatic heterocycles. The number of halogens is 4. The highest BCUT2D eigenvalue weighted by atomic mass is 127. The van der Waals surface area contributed by atoms with Gasteiger partial charge in [0.2, 0.25) is 0 Å². The number of aromatic nitrogens is 2. The Morgan fingerprint density at radius 2 is 1.86 bits per heavy atom. The van der Waals surface area contributed by atoms with Crippen LogP contribution in [0.5, 0.6) is 5.75 Å². The van der Waals surface area contributed by atoms with Crippen molar-refractivity contribution in [1.82, 2.24) is 9.97 Å². The zero-order valence-electron chi connectivity index (χ0n) is 15.4. The molecule has 3 rings (SSSR count). The average molecular weight is 502 g/mol. The molecule has 0 aliphatic carbocycles. The van der Waals surface area contributed by atoms with Crippen LogP contribution in [-0.4, -0.2) is 17.1 Å². The largest absolute Gasteiger partial charge is 0.496 e. The van der Waals surface area contributed by atoms with E-state index in [2.05, 4.69) is 37.9 Å². The number of rotatable bonds is 4. The van der Waals surface area contributed by atoms with Gasteiger partial charge < -0.3 is 15.8 Å². The van der Waals surface area contributed by atoms with E-state index in [4.69, 9.17) is 10.5 Å². The molecule has 1 heterocycles. The summed E-state index contributed by atoms with van der Waals surface area (Å²) < 4.78 is 45.5.